The van der Waals surface area contributed by atoms with Gasteiger partial charge in [-0.25, -0.2) is 9.59 Å². The molecule has 3 aromatic rings. The van der Waals surface area contributed by atoms with Crippen LogP contribution in [0, 0.1) is 0 Å². The minimum Gasteiger partial charge on any atom is -0.494 e. The zero-order chi connectivity index (χ0) is 26.4. The molecule has 1 fully saturated rings. The summed E-state index contributed by atoms with van der Waals surface area (Å²) in [6.07, 6.45) is 3.59. The van der Waals surface area contributed by atoms with Crippen LogP contribution in [0.25, 0.3) is 10.2 Å². The van der Waals surface area contributed by atoms with E-state index < -0.39 is 18.0 Å². The molecule has 2 atom stereocenters. The molecule has 2 heterocycles. The van der Waals surface area contributed by atoms with Crippen molar-refractivity contribution in [1.82, 2.24) is 9.47 Å². The van der Waals surface area contributed by atoms with Gasteiger partial charge in [0.05, 0.1) is 28.4 Å². The number of hydrogen-bond donors (Lipinski definition) is 2. The number of piperidine rings is 1. The van der Waals surface area contributed by atoms with Crippen LogP contribution in [0.2, 0.25) is 5.02 Å². The molecule has 0 radical (unpaired) electrons. The van der Waals surface area contributed by atoms with E-state index in [4.69, 9.17) is 21.3 Å². The Bertz CT molecular complexity index is 1370. The number of ether oxygens (including phenoxy) is 1. The first-order chi connectivity index (χ1) is 17.8. The molecule has 0 amide bonds. The highest BCUT2D eigenvalue weighted by Crippen LogP contribution is 2.27. The molecule has 10 heteroatoms. The van der Waals surface area contributed by atoms with Crippen LogP contribution in [-0.2, 0) is 16.6 Å². The Labute approximate surface area is 224 Å². The Hall–Kier alpha value is -3.14. The number of aryl methyl sites for hydroxylation is 1. The highest BCUT2D eigenvalue weighted by molar-refractivity contribution is 7.16. The summed E-state index contributed by atoms with van der Waals surface area (Å²) in [5.74, 6) is -1.77. The molecule has 1 aromatic heterocycles. The number of thiazole rings is 1. The van der Waals surface area contributed by atoms with E-state index in [1.54, 1.807) is 23.5 Å². The molecule has 1 aliphatic rings. The van der Waals surface area contributed by atoms with Gasteiger partial charge in [0.1, 0.15) is 5.75 Å². The highest BCUT2D eigenvalue weighted by atomic mass is 35.5. The predicted molar refractivity (Wildman–Crippen MR) is 144 cm³/mol. The van der Waals surface area contributed by atoms with E-state index >= 15 is 0 Å². The van der Waals surface area contributed by atoms with Crippen molar-refractivity contribution in [2.45, 2.75) is 37.8 Å². The zero-order valence-electron chi connectivity index (χ0n) is 20.5. The van der Waals surface area contributed by atoms with Crippen molar-refractivity contribution in [3.8, 4) is 5.75 Å². The number of carboxylic acid groups (broad SMARTS) is 2. The topological polar surface area (TPSA) is 104 Å². The van der Waals surface area contributed by atoms with Crippen molar-refractivity contribution < 1.29 is 24.5 Å². The van der Waals surface area contributed by atoms with Crippen LogP contribution >= 0.6 is 22.9 Å². The molecule has 2 N–H and O–H groups in total. The van der Waals surface area contributed by atoms with E-state index in [0.717, 1.165) is 40.4 Å². The van der Waals surface area contributed by atoms with Crippen molar-refractivity contribution in [3.05, 3.63) is 70.0 Å². The Morgan fingerprint density at radius 2 is 2.00 bits per heavy atom. The van der Waals surface area contributed by atoms with Gasteiger partial charge in [0.25, 0.3) is 0 Å². The quantitative estimate of drug-likeness (QED) is 0.286. The van der Waals surface area contributed by atoms with Crippen molar-refractivity contribution in [2.24, 2.45) is 12.0 Å². The number of fused-ring (bicyclic) bond motifs is 1. The lowest BCUT2D eigenvalue weighted by Crippen LogP contribution is -2.47. The largest absolute Gasteiger partial charge is 0.494 e. The summed E-state index contributed by atoms with van der Waals surface area (Å²) in [5, 5.41) is 19.8. The fourth-order valence-electron chi connectivity index (χ4n) is 4.66. The molecule has 0 spiro atoms. The van der Waals surface area contributed by atoms with Crippen LogP contribution in [0.15, 0.2) is 65.2 Å². The van der Waals surface area contributed by atoms with Gasteiger partial charge < -0.3 is 19.5 Å². The van der Waals surface area contributed by atoms with Gasteiger partial charge in [-0.15, -0.1) is 0 Å². The predicted octanol–water partition coefficient (Wildman–Crippen LogP) is 4.58. The molecule has 0 bridgehead atoms. The van der Waals surface area contributed by atoms with Gasteiger partial charge in [-0.05, 0) is 62.6 Å². The molecule has 0 saturated carbocycles. The van der Waals surface area contributed by atoms with Crippen molar-refractivity contribution in [2.75, 3.05) is 19.7 Å². The lowest BCUT2D eigenvalue weighted by molar-refractivity contribution is -0.136. The van der Waals surface area contributed by atoms with E-state index in [9.17, 15) is 19.8 Å². The standard InChI is InChI=1S/C27H30ClN3O5S/c1-30-22-9-2-3-10-24(22)37-27(30)29-19-11-13-31(23(16-19)21(26(34)35)17-25(32)33)12-4-5-14-36-20-8-6-7-18(28)15-20/h2-3,6-10,15,17,19,23H,4-5,11-14,16H2,1H3,(H,32,33)(H,34,35)/b21-17-,29-27?. The minimum absolute atomic E-state index is 0.108. The SMILES string of the molecule is Cn1c(=NC2CCN(CCCCOc3cccc(Cl)c3)C(/C(=C/C(=O)O)C(=O)O)C2)sc2ccccc21. The Morgan fingerprint density at radius 1 is 1.19 bits per heavy atom. The van der Waals surface area contributed by atoms with Crippen LogP contribution < -0.4 is 9.54 Å². The average Bonchev–Trinajstić information content (AvgIpc) is 3.18. The summed E-state index contributed by atoms with van der Waals surface area (Å²) in [6.45, 7) is 1.78. The molecule has 8 nitrogen and oxygen atoms in total. The van der Waals surface area contributed by atoms with Gasteiger partial charge >= 0.3 is 11.9 Å². The first-order valence-corrected chi connectivity index (χ1v) is 13.4. The number of aromatic nitrogens is 1. The third-order valence-electron chi connectivity index (χ3n) is 6.48. The van der Waals surface area contributed by atoms with Gasteiger partial charge in [0.2, 0.25) is 0 Å². The number of nitrogens with zero attached hydrogens (tertiary/aromatic N) is 3. The van der Waals surface area contributed by atoms with Crippen LogP contribution in [0.3, 0.4) is 0 Å². The van der Waals surface area contributed by atoms with Gasteiger partial charge in [-0.3, -0.25) is 9.89 Å². The smallest absolute Gasteiger partial charge is 0.333 e. The molecule has 37 heavy (non-hydrogen) atoms. The number of halogens is 1. The molecular weight excluding hydrogens is 514 g/mol. The fourth-order valence-corrected chi connectivity index (χ4v) is 5.93. The summed E-state index contributed by atoms with van der Waals surface area (Å²) < 4.78 is 8.94. The molecule has 2 unspecified atom stereocenters. The third kappa shape index (κ3) is 7.00. The van der Waals surface area contributed by atoms with Crippen molar-refractivity contribution in [3.63, 3.8) is 0 Å². The van der Waals surface area contributed by atoms with E-state index in [1.165, 1.54) is 0 Å². The number of aliphatic carboxylic acids is 2. The second-order valence-corrected chi connectivity index (χ2v) is 10.5. The van der Waals surface area contributed by atoms with Gasteiger partial charge in [0.15, 0.2) is 4.80 Å². The first kappa shape index (κ1) is 26.9. The van der Waals surface area contributed by atoms with Gasteiger partial charge in [0, 0.05) is 30.7 Å². The number of carbonyl (C=O) groups is 2. The normalized spacial score (nSPS) is 19.3. The lowest BCUT2D eigenvalue weighted by Gasteiger charge is -2.38. The molecule has 1 aliphatic heterocycles. The monoisotopic (exact) mass is 543 g/mol. The maximum atomic E-state index is 12.1. The zero-order valence-corrected chi connectivity index (χ0v) is 22.1. The number of carboxylic acids is 2. The second-order valence-electron chi connectivity index (χ2n) is 9.03. The number of unbranched alkanes of at least 4 members (excludes halogenated alkanes) is 1. The van der Waals surface area contributed by atoms with E-state index in [-0.39, 0.29) is 11.6 Å². The molecule has 2 aromatic carbocycles. The van der Waals surface area contributed by atoms with Gasteiger partial charge in [-0.2, -0.15) is 0 Å². The maximum Gasteiger partial charge on any atom is 0.333 e. The van der Waals surface area contributed by atoms with Crippen LogP contribution in [-0.4, -0.2) is 63.4 Å². The number of benzene rings is 2. The number of hydrogen-bond acceptors (Lipinski definition) is 6. The van der Waals surface area contributed by atoms with E-state index in [1.807, 2.05) is 41.9 Å². The third-order valence-corrected chi connectivity index (χ3v) is 7.84. The molecular formula is C27H30ClN3O5S. The van der Waals surface area contributed by atoms with Crippen molar-refractivity contribution in [1.29, 1.82) is 0 Å². The summed E-state index contributed by atoms with van der Waals surface area (Å²) >= 11 is 7.59. The summed E-state index contributed by atoms with van der Waals surface area (Å²) in [5.41, 5.74) is 0.987. The summed E-state index contributed by atoms with van der Waals surface area (Å²) in [7, 11) is 1.97. The molecule has 0 aliphatic carbocycles. The Kier molecular flexibility index (Phi) is 9.02. The molecule has 4 rings (SSSR count). The maximum absolute atomic E-state index is 12.1. The van der Waals surface area contributed by atoms with Crippen molar-refractivity contribution >= 4 is 45.1 Å². The minimum atomic E-state index is -1.26. The number of para-hydroxylation sites is 1. The number of likely N-dealkylation sites (tertiary alicyclic amines) is 1. The lowest BCUT2D eigenvalue weighted by atomic mass is 9.91. The number of rotatable bonds is 10. The van der Waals surface area contributed by atoms with E-state index in [0.29, 0.717) is 36.9 Å². The van der Waals surface area contributed by atoms with Crippen LogP contribution in [0.4, 0.5) is 0 Å². The summed E-state index contributed by atoms with van der Waals surface area (Å²) in [4.78, 5) is 31.4. The van der Waals surface area contributed by atoms with Crippen LogP contribution in [0.1, 0.15) is 25.7 Å². The van der Waals surface area contributed by atoms with Crippen LogP contribution in [0.5, 0.6) is 5.75 Å². The molecule has 196 valence electrons. The molecule has 1 saturated heterocycles. The summed E-state index contributed by atoms with van der Waals surface area (Å²) in [6, 6.07) is 14.7. The van der Waals surface area contributed by atoms with Gasteiger partial charge in [-0.1, -0.05) is 41.1 Å². The average molecular weight is 544 g/mol. The first-order valence-electron chi connectivity index (χ1n) is 12.2. The van der Waals surface area contributed by atoms with E-state index in [2.05, 4.69) is 11.0 Å². The highest BCUT2D eigenvalue weighted by Gasteiger charge is 2.34. The fraction of sp³-hybridized carbons (Fsp3) is 0.370. The Balaban J connectivity index is 1.46. The Morgan fingerprint density at radius 3 is 2.73 bits per heavy atom. The second kappa shape index (κ2) is 12.4.